The van der Waals surface area contributed by atoms with Gasteiger partial charge >= 0.3 is 0 Å². The van der Waals surface area contributed by atoms with E-state index >= 15 is 0 Å². The number of benzene rings is 1. The van der Waals surface area contributed by atoms with Crippen molar-refractivity contribution in [1.29, 1.82) is 0 Å². The zero-order valence-corrected chi connectivity index (χ0v) is 11.5. The molecule has 1 aliphatic carbocycles. The average molecular weight is 245 g/mol. The molecule has 98 valence electrons. The fourth-order valence-corrected chi connectivity index (χ4v) is 3.67. The first kappa shape index (κ1) is 12.0. The molecule has 1 saturated carbocycles. The van der Waals surface area contributed by atoms with E-state index in [-0.39, 0.29) is 5.60 Å². The van der Waals surface area contributed by atoms with Crippen LogP contribution in [0.1, 0.15) is 31.2 Å². The summed E-state index contributed by atoms with van der Waals surface area (Å²) in [6, 6.07) is 8.57. The summed E-state index contributed by atoms with van der Waals surface area (Å²) in [5, 5.41) is 0. The third-order valence-corrected chi connectivity index (χ3v) is 4.51. The number of para-hydroxylation sites is 1. The molecule has 0 saturated heterocycles. The maximum Gasteiger partial charge on any atom is 0.123 e. The van der Waals surface area contributed by atoms with Gasteiger partial charge < -0.3 is 9.64 Å². The highest BCUT2D eigenvalue weighted by molar-refractivity contribution is 5.39. The highest BCUT2D eigenvalue weighted by Gasteiger charge is 2.46. The van der Waals surface area contributed by atoms with Crippen LogP contribution in [0, 0.1) is 5.92 Å². The molecule has 0 N–H and O–H groups in total. The summed E-state index contributed by atoms with van der Waals surface area (Å²) in [6.07, 6.45) is 6.33. The van der Waals surface area contributed by atoms with Crippen molar-refractivity contribution < 1.29 is 4.74 Å². The van der Waals surface area contributed by atoms with Gasteiger partial charge in [0.2, 0.25) is 0 Å². The first-order chi connectivity index (χ1) is 8.70. The van der Waals surface area contributed by atoms with Crippen molar-refractivity contribution in [2.75, 3.05) is 20.6 Å². The number of ether oxygens (including phenoxy) is 1. The third-order valence-electron chi connectivity index (χ3n) is 4.51. The van der Waals surface area contributed by atoms with Gasteiger partial charge in [-0.3, -0.25) is 0 Å². The van der Waals surface area contributed by atoms with Crippen LogP contribution >= 0.6 is 0 Å². The number of rotatable bonds is 2. The van der Waals surface area contributed by atoms with Crippen LogP contribution in [0.5, 0.6) is 5.75 Å². The lowest BCUT2D eigenvalue weighted by Crippen LogP contribution is -2.48. The summed E-state index contributed by atoms with van der Waals surface area (Å²) in [5.74, 6) is 1.80. The van der Waals surface area contributed by atoms with E-state index in [2.05, 4.69) is 43.3 Å². The van der Waals surface area contributed by atoms with E-state index in [9.17, 15) is 0 Å². The Morgan fingerprint density at radius 2 is 2.11 bits per heavy atom. The van der Waals surface area contributed by atoms with Gasteiger partial charge in [-0.25, -0.2) is 0 Å². The molecule has 0 amide bonds. The monoisotopic (exact) mass is 245 g/mol. The van der Waals surface area contributed by atoms with Gasteiger partial charge in [0, 0.05) is 18.9 Å². The topological polar surface area (TPSA) is 12.5 Å². The molecule has 1 unspecified atom stereocenters. The summed E-state index contributed by atoms with van der Waals surface area (Å²) in [7, 11) is 4.34. The van der Waals surface area contributed by atoms with Crippen molar-refractivity contribution in [2.45, 2.75) is 37.7 Å². The van der Waals surface area contributed by atoms with Crippen LogP contribution in [0.25, 0.3) is 0 Å². The minimum absolute atomic E-state index is 0.0895. The van der Waals surface area contributed by atoms with Crippen LogP contribution < -0.4 is 4.74 Å². The lowest BCUT2D eigenvalue weighted by Gasteiger charge is -2.41. The number of hydrogen-bond donors (Lipinski definition) is 0. The highest BCUT2D eigenvalue weighted by atomic mass is 16.5. The Morgan fingerprint density at radius 3 is 2.89 bits per heavy atom. The van der Waals surface area contributed by atoms with Crippen molar-refractivity contribution in [3.05, 3.63) is 29.8 Å². The highest BCUT2D eigenvalue weighted by Crippen LogP contribution is 2.46. The Balaban J connectivity index is 1.85. The molecular weight excluding hydrogens is 222 g/mol. The van der Waals surface area contributed by atoms with E-state index in [1.54, 1.807) is 0 Å². The number of fused-ring (bicyclic) bond motifs is 1. The van der Waals surface area contributed by atoms with Gasteiger partial charge in [-0.2, -0.15) is 0 Å². The van der Waals surface area contributed by atoms with Crippen LogP contribution in [-0.2, 0) is 6.42 Å². The second-order valence-electron chi connectivity index (χ2n) is 6.16. The summed E-state index contributed by atoms with van der Waals surface area (Å²) in [5.41, 5.74) is 1.50. The van der Waals surface area contributed by atoms with Gasteiger partial charge in [-0.05, 0) is 45.0 Å². The van der Waals surface area contributed by atoms with Crippen molar-refractivity contribution in [3.63, 3.8) is 0 Å². The maximum absolute atomic E-state index is 6.42. The largest absolute Gasteiger partial charge is 0.486 e. The second-order valence-corrected chi connectivity index (χ2v) is 6.16. The van der Waals surface area contributed by atoms with Crippen LogP contribution in [-0.4, -0.2) is 31.1 Å². The molecule has 2 atom stereocenters. The molecule has 0 aromatic heterocycles. The van der Waals surface area contributed by atoms with E-state index in [1.807, 2.05) is 0 Å². The van der Waals surface area contributed by atoms with Gasteiger partial charge in [-0.15, -0.1) is 0 Å². The molecular formula is C16H23NO. The average Bonchev–Trinajstić information content (AvgIpc) is 2.70. The SMILES string of the molecule is CN(C)CC1CCCC[C@@]12Cc1ccccc1O2. The van der Waals surface area contributed by atoms with Crippen LogP contribution in [0.4, 0.5) is 0 Å². The standard InChI is InChI=1S/C16H23NO/c1-17(2)12-14-8-5-6-10-16(14)11-13-7-3-4-9-15(13)18-16/h3-4,7,9,14H,5-6,8,10-12H2,1-2H3/t14?,16-/m1/s1. The van der Waals surface area contributed by atoms with Gasteiger partial charge in [0.15, 0.2) is 0 Å². The third kappa shape index (κ3) is 2.03. The first-order valence-corrected chi connectivity index (χ1v) is 7.11. The Hall–Kier alpha value is -1.02. The summed E-state index contributed by atoms with van der Waals surface area (Å²) >= 11 is 0. The van der Waals surface area contributed by atoms with Gasteiger partial charge in [0.1, 0.15) is 11.4 Å². The predicted octanol–water partition coefficient (Wildman–Crippen LogP) is 3.11. The molecule has 2 heteroatoms. The first-order valence-electron chi connectivity index (χ1n) is 7.11. The second kappa shape index (κ2) is 4.58. The van der Waals surface area contributed by atoms with Crippen molar-refractivity contribution in [3.8, 4) is 5.75 Å². The smallest absolute Gasteiger partial charge is 0.123 e. The van der Waals surface area contributed by atoms with Gasteiger partial charge in [0.25, 0.3) is 0 Å². The Kier molecular flexibility index (Phi) is 3.06. The predicted molar refractivity (Wildman–Crippen MR) is 74.0 cm³/mol. The van der Waals surface area contributed by atoms with E-state index in [0.717, 1.165) is 18.7 Å². The molecule has 1 spiro atoms. The molecule has 2 nitrogen and oxygen atoms in total. The lowest BCUT2D eigenvalue weighted by atomic mass is 9.73. The van der Waals surface area contributed by atoms with Crippen molar-refractivity contribution in [1.82, 2.24) is 4.90 Å². The summed E-state index contributed by atoms with van der Waals surface area (Å²) in [4.78, 5) is 2.31. The Morgan fingerprint density at radius 1 is 1.28 bits per heavy atom. The van der Waals surface area contributed by atoms with Crippen LogP contribution in [0.15, 0.2) is 24.3 Å². The normalized spacial score (nSPS) is 30.5. The number of hydrogen-bond acceptors (Lipinski definition) is 2. The van der Waals surface area contributed by atoms with Crippen molar-refractivity contribution in [2.24, 2.45) is 5.92 Å². The molecule has 1 heterocycles. The molecule has 1 aromatic rings. The molecule has 18 heavy (non-hydrogen) atoms. The molecule has 1 fully saturated rings. The zero-order valence-electron chi connectivity index (χ0n) is 11.5. The maximum atomic E-state index is 6.42. The quantitative estimate of drug-likeness (QED) is 0.794. The van der Waals surface area contributed by atoms with E-state index < -0.39 is 0 Å². The van der Waals surface area contributed by atoms with E-state index in [0.29, 0.717) is 5.92 Å². The van der Waals surface area contributed by atoms with Crippen LogP contribution in [0.3, 0.4) is 0 Å². The van der Waals surface area contributed by atoms with Gasteiger partial charge in [-0.1, -0.05) is 24.6 Å². The molecule has 1 aromatic carbocycles. The van der Waals surface area contributed by atoms with E-state index in [1.165, 1.54) is 31.2 Å². The molecule has 1 aliphatic heterocycles. The van der Waals surface area contributed by atoms with E-state index in [4.69, 9.17) is 4.74 Å². The number of nitrogens with zero attached hydrogens (tertiary/aromatic N) is 1. The molecule has 0 radical (unpaired) electrons. The minimum Gasteiger partial charge on any atom is -0.486 e. The van der Waals surface area contributed by atoms with Gasteiger partial charge in [0.05, 0.1) is 0 Å². The molecule has 2 aliphatic rings. The fraction of sp³-hybridized carbons (Fsp3) is 0.625. The minimum atomic E-state index is 0.0895. The van der Waals surface area contributed by atoms with Crippen LogP contribution in [0.2, 0.25) is 0 Å². The fourth-order valence-electron chi connectivity index (χ4n) is 3.67. The lowest BCUT2D eigenvalue weighted by molar-refractivity contribution is -0.0150. The Bertz CT molecular complexity index is 402. The Labute approximate surface area is 110 Å². The summed E-state index contributed by atoms with van der Waals surface area (Å²) < 4.78 is 6.42. The summed E-state index contributed by atoms with van der Waals surface area (Å²) in [6.45, 7) is 1.15. The van der Waals surface area contributed by atoms with Crippen molar-refractivity contribution >= 4 is 0 Å². The molecule has 0 bridgehead atoms. The zero-order chi connectivity index (χ0) is 12.6. The molecule has 3 rings (SSSR count).